The van der Waals surface area contributed by atoms with E-state index in [0.29, 0.717) is 12.3 Å². The number of nitrogens with zero attached hydrogens (tertiary/aromatic N) is 1. The van der Waals surface area contributed by atoms with E-state index in [2.05, 4.69) is 88.0 Å². The normalized spacial score (nSPS) is 21.2. The third kappa shape index (κ3) is 6.06. The molecule has 0 radical (unpaired) electrons. The molecule has 3 atom stereocenters. The van der Waals surface area contributed by atoms with Gasteiger partial charge in [-0.25, -0.2) is 0 Å². The molecule has 1 heterocycles. The van der Waals surface area contributed by atoms with Crippen LogP contribution in [0.4, 0.5) is 0 Å². The van der Waals surface area contributed by atoms with E-state index in [1.54, 1.807) is 0 Å². The first-order chi connectivity index (χ1) is 14.0. The zero-order chi connectivity index (χ0) is 24.3. The average molecular weight is 438 g/mol. The molecule has 0 spiro atoms. The number of likely N-dealkylation sites (tertiary alicyclic amines) is 1. The van der Waals surface area contributed by atoms with Crippen molar-refractivity contribution in [1.82, 2.24) is 4.90 Å². The predicted molar refractivity (Wildman–Crippen MR) is 134 cm³/mol. The highest BCUT2D eigenvalue weighted by Gasteiger charge is 2.57. The minimum absolute atomic E-state index is 0.0326. The first-order valence-electron chi connectivity index (χ1n) is 12.9. The van der Waals surface area contributed by atoms with Gasteiger partial charge in [0.05, 0.1) is 6.10 Å². The number of rotatable bonds is 12. The third-order valence-electron chi connectivity index (χ3n) is 9.29. The van der Waals surface area contributed by atoms with E-state index in [9.17, 15) is 4.79 Å². The second-order valence-corrected chi connectivity index (χ2v) is 13.0. The lowest BCUT2D eigenvalue weighted by molar-refractivity contribution is -0.150. The Hall–Kier alpha value is -0.570. The monoisotopic (exact) mass is 437 g/mol. The summed E-state index contributed by atoms with van der Waals surface area (Å²) in [7, 11) is 0. The van der Waals surface area contributed by atoms with Crippen LogP contribution in [0.15, 0.2) is 0 Å². The van der Waals surface area contributed by atoms with Gasteiger partial charge in [0, 0.05) is 25.1 Å². The van der Waals surface area contributed by atoms with E-state index in [1.165, 1.54) is 0 Å². The topological polar surface area (TPSA) is 29.5 Å². The number of hydrogen-bond donors (Lipinski definition) is 0. The fourth-order valence-electron chi connectivity index (χ4n) is 6.02. The van der Waals surface area contributed by atoms with Gasteiger partial charge in [-0.15, -0.1) is 0 Å². The lowest BCUT2D eigenvalue weighted by Gasteiger charge is -2.60. The smallest absolute Gasteiger partial charge is 0.223 e. The summed E-state index contributed by atoms with van der Waals surface area (Å²) >= 11 is 0. The molecule has 1 rings (SSSR count). The van der Waals surface area contributed by atoms with Crippen LogP contribution in [-0.4, -0.2) is 35.6 Å². The Morgan fingerprint density at radius 3 is 1.90 bits per heavy atom. The second kappa shape index (κ2) is 10.1. The molecule has 0 aromatic rings. The number of amides is 1. The Morgan fingerprint density at radius 1 is 0.935 bits per heavy atom. The molecular weight excluding hydrogens is 382 g/mol. The van der Waals surface area contributed by atoms with Gasteiger partial charge in [0.2, 0.25) is 5.91 Å². The molecule has 1 aliphatic heterocycles. The molecule has 184 valence electrons. The molecule has 3 heteroatoms. The molecule has 1 saturated heterocycles. The van der Waals surface area contributed by atoms with E-state index >= 15 is 0 Å². The van der Waals surface area contributed by atoms with Crippen LogP contribution < -0.4 is 0 Å². The Bertz CT molecular complexity index is 588. The maximum absolute atomic E-state index is 13.0. The van der Waals surface area contributed by atoms with Gasteiger partial charge in [0.1, 0.15) is 0 Å². The highest BCUT2D eigenvalue weighted by atomic mass is 16.5. The molecule has 0 aliphatic carbocycles. The molecule has 0 aromatic heterocycles. The molecule has 1 fully saturated rings. The molecule has 31 heavy (non-hydrogen) atoms. The Labute approximate surface area is 195 Å². The quantitative estimate of drug-likeness (QED) is 0.311. The van der Waals surface area contributed by atoms with Gasteiger partial charge in [0.25, 0.3) is 0 Å². The summed E-state index contributed by atoms with van der Waals surface area (Å²) in [5.74, 6) is 0.345. The summed E-state index contributed by atoms with van der Waals surface area (Å²) in [6, 6.07) is 0. The van der Waals surface area contributed by atoms with Crippen LogP contribution in [0, 0.1) is 21.7 Å². The molecule has 0 N–H and O–H groups in total. The predicted octanol–water partition coefficient (Wildman–Crippen LogP) is 7.87. The molecule has 3 unspecified atom stereocenters. The molecule has 0 bridgehead atoms. The fraction of sp³-hybridized carbons (Fsp3) is 0.964. The van der Waals surface area contributed by atoms with Crippen molar-refractivity contribution in [3.63, 3.8) is 0 Å². The Balaban J connectivity index is 3.34. The van der Waals surface area contributed by atoms with Crippen molar-refractivity contribution in [2.24, 2.45) is 21.7 Å². The van der Waals surface area contributed by atoms with Crippen molar-refractivity contribution < 1.29 is 9.53 Å². The van der Waals surface area contributed by atoms with Crippen LogP contribution in [0.1, 0.15) is 128 Å². The van der Waals surface area contributed by atoms with Gasteiger partial charge >= 0.3 is 0 Å². The first kappa shape index (κ1) is 28.5. The molecule has 1 amide bonds. The number of carbonyl (C=O) groups excluding carboxylic acids is 1. The summed E-state index contributed by atoms with van der Waals surface area (Å²) in [6.45, 7) is 29.8. The minimum Gasteiger partial charge on any atom is -0.378 e. The van der Waals surface area contributed by atoms with Crippen LogP contribution >= 0.6 is 0 Å². The highest BCUT2D eigenvalue weighted by molar-refractivity contribution is 5.79. The summed E-state index contributed by atoms with van der Waals surface area (Å²) in [6.07, 6.45) is 7.40. The molecule has 0 aromatic carbocycles. The molecule has 1 aliphatic rings. The molecular formula is C28H55NO2. The van der Waals surface area contributed by atoms with Crippen LogP contribution in [-0.2, 0) is 9.53 Å². The van der Waals surface area contributed by atoms with E-state index in [1.807, 2.05) is 0 Å². The standard InChI is InChI=1S/C28H55NO2/c1-13-25(7,8)22(31-15-3)18-19-27(11,14-2)26(9,10)28(12,21-24(4,5)6)29-20-16-17-23(29)30/h22H,13-21H2,1-12H3. The van der Waals surface area contributed by atoms with E-state index < -0.39 is 0 Å². The van der Waals surface area contributed by atoms with Gasteiger partial charge < -0.3 is 9.64 Å². The Morgan fingerprint density at radius 2 is 1.52 bits per heavy atom. The van der Waals surface area contributed by atoms with Crippen molar-refractivity contribution in [3.8, 4) is 0 Å². The lowest BCUT2D eigenvalue weighted by atomic mass is 9.51. The average Bonchev–Trinajstić information content (AvgIpc) is 3.09. The SMILES string of the molecule is CCOC(CCC(C)(CC)C(C)(C)C(C)(CC(C)(C)C)N1CCCC1=O)C(C)(C)CC. The number of carbonyl (C=O) groups is 1. The van der Waals surface area contributed by atoms with E-state index in [0.717, 1.165) is 51.7 Å². The summed E-state index contributed by atoms with van der Waals surface area (Å²) in [5.41, 5.74) is 0.227. The number of hydrogen-bond acceptors (Lipinski definition) is 2. The second-order valence-electron chi connectivity index (χ2n) is 13.0. The van der Waals surface area contributed by atoms with Gasteiger partial charge in [-0.2, -0.15) is 0 Å². The first-order valence-corrected chi connectivity index (χ1v) is 12.9. The zero-order valence-corrected chi connectivity index (χ0v) is 23.2. The summed E-state index contributed by atoms with van der Waals surface area (Å²) in [4.78, 5) is 15.2. The van der Waals surface area contributed by atoms with Crippen LogP contribution in [0.25, 0.3) is 0 Å². The van der Waals surface area contributed by atoms with Crippen LogP contribution in [0.5, 0.6) is 0 Å². The van der Waals surface area contributed by atoms with Crippen molar-refractivity contribution >= 4 is 5.91 Å². The molecule has 3 nitrogen and oxygen atoms in total. The highest BCUT2D eigenvalue weighted by Crippen LogP contribution is 2.57. The van der Waals surface area contributed by atoms with Crippen molar-refractivity contribution in [2.45, 2.75) is 140 Å². The molecule has 0 saturated carbocycles. The van der Waals surface area contributed by atoms with Crippen LogP contribution in [0.3, 0.4) is 0 Å². The number of ether oxygens (including phenoxy) is 1. The minimum atomic E-state index is -0.176. The van der Waals surface area contributed by atoms with E-state index in [4.69, 9.17) is 4.74 Å². The van der Waals surface area contributed by atoms with Gasteiger partial charge in [-0.1, -0.05) is 75.7 Å². The maximum atomic E-state index is 13.0. The third-order valence-corrected chi connectivity index (χ3v) is 9.29. The van der Waals surface area contributed by atoms with Crippen LogP contribution in [0.2, 0.25) is 0 Å². The summed E-state index contributed by atoms with van der Waals surface area (Å²) < 4.78 is 6.27. The van der Waals surface area contributed by atoms with Crippen molar-refractivity contribution in [1.29, 1.82) is 0 Å². The fourth-order valence-corrected chi connectivity index (χ4v) is 6.02. The lowest BCUT2D eigenvalue weighted by Crippen LogP contribution is -2.63. The van der Waals surface area contributed by atoms with Crippen molar-refractivity contribution in [2.75, 3.05) is 13.2 Å². The zero-order valence-electron chi connectivity index (χ0n) is 23.2. The maximum Gasteiger partial charge on any atom is 0.223 e. The van der Waals surface area contributed by atoms with Crippen molar-refractivity contribution in [3.05, 3.63) is 0 Å². The van der Waals surface area contributed by atoms with Gasteiger partial charge in [0.15, 0.2) is 0 Å². The largest absolute Gasteiger partial charge is 0.378 e. The Kier molecular flexibility index (Phi) is 9.31. The van der Waals surface area contributed by atoms with Gasteiger partial charge in [-0.05, 0) is 67.6 Å². The summed E-state index contributed by atoms with van der Waals surface area (Å²) in [5, 5.41) is 0. The van der Waals surface area contributed by atoms with E-state index in [-0.39, 0.29) is 33.3 Å². The van der Waals surface area contributed by atoms with Gasteiger partial charge in [-0.3, -0.25) is 4.79 Å².